The standard InChI is InChI=1S/C16H28N4O/c1-2-19-8-6-13(7-9-19)18-15-4-3-5-16-14(15)12-17-20(16)10-11-21/h12-13,15,18,21H,2-11H2,1H3. The Balaban J connectivity index is 1.63. The lowest BCUT2D eigenvalue weighted by atomic mass is 9.91. The van der Waals surface area contributed by atoms with Crippen LogP contribution in [0.2, 0.25) is 0 Å². The molecule has 5 heteroatoms. The molecule has 118 valence electrons. The fourth-order valence-corrected chi connectivity index (χ4v) is 3.78. The number of piperidine rings is 1. The Labute approximate surface area is 127 Å². The highest BCUT2D eigenvalue weighted by Gasteiger charge is 2.27. The van der Waals surface area contributed by atoms with Crippen molar-refractivity contribution in [3.63, 3.8) is 0 Å². The van der Waals surface area contributed by atoms with Gasteiger partial charge in [-0.2, -0.15) is 5.10 Å². The molecule has 0 amide bonds. The minimum Gasteiger partial charge on any atom is -0.394 e. The second-order valence-electron chi connectivity index (χ2n) is 6.31. The summed E-state index contributed by atoms with van der Waals surface area (Å²) in [5, 5.41) is 17.5. The number of rotatable bonds is 5. The molecule has 1 fully saturated rings. The van der Waals surface area contributed by atoms with Crippen LogP contribution < -0.4 is 5.32 Å². The predicted molar refractivity (Wildman–Crippen MR) is 83.3 cm³/mol. The molecule has 1 aliphatic carbocycles. The van der Waals surface area contributed by atoms with Gasteiger partial charge in [0.2, 0.25) is 0 Å². The van der Waals surface area contributed by atoms with E-state index in [0.717, 1.165) is 6.42 Å². The van der Waals surface area contributed by atoms with Gasteiger partial charge in [-0.1, -0.05) is 6.92 Å². The molecule has 3 rings (SSSR count). The maximum atomic E-state index is 9.13. The fraction of sp³-hybridized carbons (Fsp3) is 0.812. The minimum atomic E-state index is 0.168. The highest BCUT2D eigenvalue weighted by Crippen LogP contribution is 2.30. The molecule has 0 spiro atoms. The molecule has 1 aromatic rings. The molecular weight excluding hydrogens is 264 g/mol. The van der Waals surface area contributed by atoms with Crippen molar-refractivity contribution in [3.8, 4) is 0 Å². The first-order chi connectivity index (χ1) is 10.3. The molecule has 5 nitrogen and oxygen atoms in total. The van der Waals surface area contributed by atoms with Crippen molar-refractivity contribution in [3.05, 3.63) is 17.5 Å². The maximum absolute atomic E-state index is 9.13. The zero-order valence-electron chi connectivity index (χ0n) is 13.1. The number of aromatic nitrogens is 2. The number of nitrogens with one attached hydrogen (secondary N) is 1. The topological polar surface area (TPSA) is 53.3 Å². The van der Waals surface area contributed by atoms with Gasteiger partial charge in [-0.05, 0) is 51.7 Å². The van der Waals surface area contributed by atoms with Crippen molar-refractivity contribution < 1.29 is 5.11 Å². The third kappa shape index (κ3) is 3.30. The molecule has 21 heavy (non-hydrogen) atoms. The molecule has 0 bridgehead atoms. The van der Waals surface area contributed by atoms with E-state index < -0.39 is 0 Å². The van der Waals surface area contributed by atoms with Gasteiger partial charge < -0.3 is 15.3 Å². The summed E-state index contributed by atoms with van der Waals surface area (Å²) < 4.78 is 1.99. The molecule has 0 aromatic carbocycles. The van der Waals surface area contributed by atoms with Gasteiger partial charge in [0.15, 0.2) is 0 Å². The first-order valence-corrected chi connectivity index (χ1v) is 8.45. The molecular formula is C16H28N4O. The smallest absolute Gasteiger partial charge is 0.0644 e. The number of aliphatic hydroxyl groups is 1. The zero-order valence-corrected chi connectivity index (χ0v) is 13.1. The number of fused-ring (bicyclic) bond motifs is 1. The van der Waals surface area contributed by atoms with Crippen molar-refractivity contribution >= 4 is 0 Å². The van der Waals surface area contributed by atoms with E-state index in [-0.39, 0.29) is 6.61 Å². The number of likely N-dealkylation sites (tertiary alicyclic amines) is 1. The number of hydrogen-bond donors (Lipinski definition) is 2. The van der Waals surface area contributed by atoms with Gasteiger partial charge in [-0.3, -0.25) is 4.68 Å². The van der Waals surface area contributed by atoms with Gasteiger partial charge >= 0.3 is 0 Å². The quantitative estimate of drug-likeness (QED) is 0.859. The van der Waals surface area contributed by atoms with Crippen molar-refractivity contribution in [1.29, 1.82) is 0 Å². The Morgan fingerprint density at radius 3 is 2.86 bits per heavy atom. The second kappa shape index (κ2) is 6.90. The highest BCUT2D eigenvalue weighted by molar-refractivity contribution is 5.25. The summed E-state index contributed by atoms with van der Waals surface area (Å²) in [6.07, 6.45) is 8.06. The van der Waals surface area contributed by atoms with Crippen LogP contribution in [-0.2, 0) is 13.0 Å². The monoisotopic (exact) mass is 292 g/mol. The summed E-state index contributed by atoms with van der Waals surface area (Å²) in [7, 11) is 0. The van der Waals surface area contributed by atoms with E-state index in [4.69, 9.17) is 5.11 Å². The van der Waals surface area contributed by atoms with E-state index >= 15 is 0 Å². The Hall–Kier alpha value is -0.910. The molecule has 1 unspecified atom stereocenters. The normalized spacial score (nSPS) is 24.2. The Bertz CT molecular complexity index is 451. The van der Waals surface area contributed by atoms with Crippen LogP contribution in [0.4, 0.5) is 0 Å². The van der Waals surface area contributed by atoms with Gasteiger partial charge in [-0.15, -0.1) is 0 Å². The summed E-state index contributed by atoms with van der Waals surface area (Å²) in [6.45, 7) is 6.65. The molecule has 1 atom stereocenters. The lowest BCUT2D eigenvalue weighted by molar-refractivity contribution is 0.195. The zero-order chi connectivity index (χ0) is 14.7. The van der Waals surface area contributed by atoms with Gasteiger partial charge in [0.1, 0.15) is 0 Å². The summed E-state index contributed by atoms with van der Waals surface area (Å²) >= 11 is 0. The molecule has 2 heterocycles. The number of hydrogen-bond acceptors (Lipinski definition) is 4. The van der Waals surface area contributed by atoms with E-state index in [1.807, 2.05) is 10.9 Å². The van der Waals surface area contributed by atoms with E-state index in [0.29, 0.717) is 18.6 Å². The van der Waals surface area contributed by atoms with E-state index in [1.165, 1.54) is 56.6 Å². The third-order valence-corrected chi connectivity index (χ3v) is 5.05. The molecule has 0 radical (unpaired) electrons. The number of aliphatic hydroxyl groups excluding tert-OH is 1. The lowest BCUT2D eigenvalue weighted by Gasteiger charge is -2.35. The average molecular weight is 292 g/mol. The highest BCUT2D eigenvalue weighted by atomic mass is 16.3. The minimum absolute atomic E-state index is 0.168. The summed E-state index contributed by atoms with van der Waals surface area (Å²) in [4.78, 5) is 2.53. The Morgan fingerprint density at radius 1 is 1.33 bits per heavy atom. The van der Waals surface area contributed by atoms with Crippen LogP contribution in [0.25, 0.3) is 0 Å². The number of nitrogens with zero attached hydrogens (tertiary/aromatic N) is 3. The van der Waals surface area contributed by atoms with Crippen LogP contribution in [0.5, 0.6) is 0 Å². The van der Waals surface area contributed by atoms with Crippen LogP contribution in [0, 0.1) is 0 Å². The molecule has 2 aliphatic rings. The SMILES string of the molecule is CCN1CCC(NC2CCCc3c2cnn3CCO)CC1. The molecule has 0 saturated carbocycles. The largest absolute Gasteiger partial charge is 0.394 e. The van der Waals surface area contributed by atoms with Gasteiger partial charge in [0, 0.05) is 23.3 Å². The lowest BCUT2D eigenvalue weighted by Crippen LogP contribution is -2.44. The Kier molecular flexibility index (Phi) is 4.93. The maximum Gasteiger partial charge on any atom is 0.0644 e. The summed E-state index contributed by atoms with van der Waals surface area (Å²) in [5.41, 5.74) is 2.70. The van der Waals surface area contributed by atoms with E-state index in [1.54, 1.807) is 0 Å². The van der Waals surface area contributed by atoms with Crippen molar-refractivity contribution in [2.75, 3.05) is 26.2 Å². The van der Waals surface area contributed by atoms with Crippen LogP contribution in [0.3, 0.4) is 0 Å². The predicted octanol–water partition coefficient (Wildman–Crippen LogP) is 1.33. The van der Waals surface area contributed by atoms with Crippen LogP contribution in [-0.4, -0.2) is 52.1 Å². The second-order valence-corrected chi connectivity index (χ2v) is 6.31. The van der Waals surface area contributed by atoms with E-state index in [2.05, 4.69) is 22.2 Å². The van der Waals surface area contributed by atoms with Gasteiger partial charge in [0.05, 0.1) is 19.3 Å². The molecule has 1 aromatic heterocycles. The van der Waals surface area contributed by atoms with Gasteiger partial charge in [0.25, 0.3) is 0 Å². The third-order valence-electron chi connectivity index (χ3n) is 5.05. The summed E-state index contributed by atoms with van der Waals surface area (Å²) in [6, 6.07) is 1.10. The van der Waals surface area contributed by atoms with Crippen molar-refractivity contribution in [1.82, 2.24) is 20.0 Å². The van der Waals surface area contributed by atoms with Crippen molar-refractivity contribution in [2.24, 2.45) is 0 Å². The molecule has 1 saturated heterocycles. The molecule has 2 N–H and O–H groups in total. The van der Waals surface area contributed by atoms with Crippen LogP contribution in [0.1, 0.15) is 49.9 Å². The van der Waals surface area contributed by atoms with E-state index in [9.17, 15) is 0 Å². The molecule has 1 aliphatic heterocycles. The summed E-state index contributed by atoms with van der Waals surface area (Å²) in [5.74, 6) is 0. The van der Waals surface area contributed by atoms with Gasteiger partial charge in [-0.25, -0.2) is 0 Å². The van der Waals surface area contributed by atoms with Crippen molar-refractivity contribution in [2.45, 2.75) is 57.7 Å². The Morgan fingerprint density at radius 2 is 2.14 bits per heavy atom. The average Bonchev–Trinajstić information content (AvgIpc) is 2.93. The van der Waals surface area contributed by atoms with Crippen LogP contribution >= 0.6 is 0 Å². The van der Waals surface area contributed by atoms with Crippen LogP contribution in [0.15, 0.2) is 6.20 Å². The first-order valence-electron chi connectivity index (χ1n) is 8.45. The first kappa shape index (κ1) is 15.0. The fourth-order valence-electron chi connectivity index (χ4n) is 3.78.